The van der Waals surface area contributed by atoms with Gasteiger partial charge in [0.05, 0.1) is 12.4 Å². The van der Waals surface area contributed by atoms with Crippen LogP contribution in [0.15, 0.2) is 36.7 Å². The third-order valence-electron chi connectivity index (χ3n) is 7.03. The molecular weight excluding hydrogens is 421 g/mol. The van der Waals surface area contributed by atoms with Crippen LogP contribution in [0.25, 0.3) is 5.69 Å². The van der Waals surface area contributed by atoms with E-state index in [2.05, 4.69) is 25.1 Å². The van der Waals surface area contributed by atoms with Crippen LogP contribution < -0.4 is 4.90 Å². The van der Waals surface area contributed by atoms with Gasteiger partial charge < -0.3 is 9.80 Å². The van der Waals surface area contributed by atoms with Crippen LogP contribution in [-0.2, 0) is 0 Å². The van der Waals surface area contributed by atoms with Gasteiger partial charge in [0.25, 0.3) is 5.91 Å². The number of rotatable bonds is 3. The zero-order chi connectivity index (χ0) is 23.0. The predicted octanol–water partition coefficient (Wildman–Crippen LogP) is 3.34. The van der Waals surface area contributed by atoms with Crippen molar-refractivity contribution in [3.05, 3.63) is 59.4 Å². The largest absolute Gasteiger partial charge is 0.341 e. The van der Waals surface area contributed by atoms with E-state index in [0.717, 1.165) is 56.1 Å². The van der Waals surface area contributed by atoms with Gasteiger partial charge >= 0.3 is 0 Å². The summed E-state index contributed by atoms with van der Waals surface area (Å²) in [6, 6.07) is 6.55. The molecule has 0 aliphatic carbocycles. The molecule has 0 bridgehead atoms. The van der Waals surface area contributed by atoms with Crippen molar-refractivity contribution in [2.45, 2.75) is 39.5 Å². The smallest absolute Gasteiger partial charge is 0.259 e. The molecule has 9 heteroatoms. The minimum atomic E-state index is -0.545. The molecule has 1 aromatic carbocycles. The van der Waals surface area contributed by atoms with Crippen LogP contribution in [0.3, 0.4) is 0 Å². The van der Waals surface area contributed by atoms with E-state index in [0.29, 0.717) is 18.8 Å². The number of benzene rings is 1. The fraction of sp³-hybridized carbons (Fsp3) is 0.458. The van der Waals surface area contributed by atoms with Crippen LogP contribution in [0.2, 0.25) is 0 Å². The van der Waals surface area contributed by atoms with Crippen LogP contribution in [-0.4, -0.2) is 61.9 Å². The van der Waals surface area contributed by atoms with E-state index in [9.17, 15) is 9.18 Å². The number of piperidine rings is 2. The maximum Gasteiger partial charge on any atom is 0.259 e. The molecule has 2 aromatic heterocycles. The molecule has 3 aromatic rings. The van der Waals surface area contributed by atoms with Crippen molar-refractivity contribution in [2.75, 3.05) is 31.1 Å². The lowest BCUT2D eigenvalue weighted by atomic mass is 9.71. The molecule has 2 aliphatic rings. The molecule has 2 aliphatic heterocycles. The molecule has 0 N–H and O–H groups in total. The molecule has 33 heavy (non-hydrogen) atoms. The van der Waals surface area contributed by atoms with Crippen molar-refractivity contribution >= 4 is 11.9 Å². The summed E-state index contributed by atoms with van der Waals surface area (Å²) in [5, 5.41) is 8.16. The molecule has 8 nitrogen and oxygen atoms in total. The lowest BCUT2D eigenvalue weighted by Crippen LogP contribution is -2.48. The van der Waals surface area contributed by atoms with Crippen LogP contribution in [0.5, 0.6) is 0 Å². The number of nitrogens with zero attached hydrogens (tertiary/aromatic N) is 7. The third-order valence-corrected chi connectivity index (χ3v) is 7.03. The van der Waals surface area contributed by atoms with Crippen molar-refractivity contribution in [2.24, 2.45) is 5.41 Å². The summed E-state index contributed by atoms with van der Waals surface area (Å²) in [6.45, 7) is 7.08. The zero-order valence-electron chi connectivity index (χ0n) is 19.0. The Balaban J connectivity index is 1.26. The molecule has 4 heterocycles. The zero-order valence-corrected chi connectivity index (χ0v) is 19.0. The van der Waals surface area contributed by atoms with Crippen molar-refractivity contribution in [1.29, 1.82) is 0 Å². The molecule has 172 valence electrons. The summed E-state index contributed by atoms with van der Waals surface area (Å²) in [6.07, 6.45) is 6.97. The van der Waals surface area contributed by atoms with Gasteiger partial charge in [-0.25, -0.2) is 14.4 Å². The fourth-order valence-corrected chi connectivity index (χ4v) is 5.10. The Bertz CT molecular complexity index is 1130. The maximum absolute atomic E-state index is 14.7. The van der Waals surface area contributed by atoms with Gasteiger partial charge in [0.2, 0.25) is 5.95 Å². The second-order valence-electron chi connectivity index (χ2n) is 9.18. The van der Waals surface area contributed by atoms with Gasteiger partial charge in [-0.15, -0.1) is 0 Å². The Morgan fingerprint density at radius 1 is 0.939 bits per heavy atom. The highest BCUT2D eigenvalue weighted by molar-refractivity contribution is 5.98. The van der Waals surface area contributed by atoms with Crippen molar-refractivity contribution in [1.82, 2.24) is 29.9 Å². The molecule has 1 amide bonds. The van der Waals surface area contributed by atoms with Gasteiger partial charge in [0.1, 0.15) is 17.1 Å². The minimum Gasteiger partial charge on any atom is -0.341 e. The first-order valence-corrected chi connectivity index (χ1v) is 11.5. The first kappa shape index (κ1) is 21.5. The Morgan fingerprint density at radius 2 is 1.55 bits per heavy atom. The standard InChI is InChI=1S/C24H28FN7O/c1-17-16-18(2)29-23(28-17)31-14-8-24(9-15-31)6-12-30(13-7-24)22(33)21-19(25)4-3-5-20(21)32-26-10-11-27-32/h3-5,10-11,16H,6-9,12-15H2,1-2H3. The number of amides is 1. The van der Waals surface area contributed by atoms with E-state index < -0.39 is 5.82 Å². The molecule has 2 fully saturated rings. The van der Waals surface area contributed by atoms with Gasteiger partial charge in [0.15, 0.2) is 0 Å². The van der Waals surface area contributed by atoms with Crippen molar-refractivity contribution in [3.63, 3.8) is 0 Å². The van der Waals surface area contributed by atoms with Crippen LogP contribution in [0.1, 0.15) is 47.4 Å². The highest BCUT2D eigenvalue weighted by atomic mass is 19.1. The maximum atomic E-state index is 14.7. The highest BCUT2D eigenvalue weighted by Crippen LogP contribution is 2.42. The average Bonchev–Trinajstić information content (AvgIpc) is 3.34. The number of aryl methyl sites for hydroxylation is 2. The second-order valence-corrected chi connectivity index (χ2v) is 9.18. The number of carbonyl (C=O) groups is 1. The lowest BCUT2D eigenvalue weighted by molar-refractivity contribution is 0.0510. The van der Waals surface area contributed by atoms with Gasteiger partial charge in [-0.05, 0) is 63.1 Å². The van der Waals surface area contributed by atoms with Gasteiger partial charge in [-0.2, -0.15) is 15.0 Å². The molecule has 5 rings (SSSR count). The Labute approximate surface area is 192 Å². The first-order chi connectivity index (χ1) is 15.9. The van der Waals surface area contributed by atoms with E-state index in [1.807, 2.05) is 19.9 Å². The number of hydrogen-bond donors (Lipinski definition) is 0. The van der Waals surface area contributed by atoms with E-state index in [4.69, 9.17) is 0 Å². The summed E-state index contributed by atoms with van der Waals surface area (Å²) < 4.78 is 14.7. The van der Waals surface area contributed by atoms with Gasteiger partial charge in [-0.1, -0.05) is 6.07 Å². The molecule has 1 spiro atoms. The molecular formula is C24H28FN7O. The third kappa shape index (κ3) is 4.19. The molecule has 0 unspecified atom stereocenters. The molecule has 0 radical (unpaired) electrons. The summed E-state index contributed by atoms with van der Waals surface area (Å²) in [5.74, 6) is -0.0255. The van der Waals surface area contributed by atoms with E-state index in [1.165, 1.54) is 23.3 Å². The van der Waals surface area contributed by atoms with Gasteiger partial charge in [-0.3, -0.25) is 4.79 Å². The normalized spacial score (nSPS) is 18.0. The summed E-state index contributed by atoms with van der Waals surface area (Å²) in [5.41, 5.74) is 2.59. The number of anilines is 1. The number of halogens is 1. The van der Waals surface area contributed by atoms with E-state index in [-0.39, 0.29) is 16.9 Å². The Hall–Kier alpha value is -3.36. The van der Waals surface area contributed by atoms with Gasteiger partial charge in [0, 0.05) is 37.6 Å². The number of carbonyl (C=O) groups excluding carboxylic acids is 1. The number of aromatic nitrogens is 5. The molecule has 0 saturated carbocycles. The van der Waals surface area contributed by atoms with Crippen molar-refractivity contribution < 1.29 is 9.18 Å². The number of likely N-dealkylation sites (tertiary alicyclic amines) is 1. The number of hydrogen-bond acceptors (Lipinski definition) is 6. The summed E-state index contributed by atoms with van der Waals surface area (Å²) >= 11 is 0. The highest BCUT2D eigenvalue weighted by Gasteiger charge is 2.39. The molecule has 0 atom stereocenters. The lowest BCUT2D eigenvalue weighted by Gasteiger charge is -2.47. The van der Waals surface area contributed by atoms with Crippen molar-refractivity contribution in [3.8, 4) is 5.69 Å². The van der Waals surface area contributed by atoms with E-state index in [1.54, 1.807) is 17.0 Å². The second kappa shape index (κ2) is 8.53. The predicted molar refractivity (Wildman–Crippen MR) is 122 cm³/mol. The summed E-state index contributed by atoms with van der Waals surface area (Å²) in [4.78, 5) is 27.9. The quantitative estimate of drug-likeness (QED) is 0.610. The minimum absolute atomic E-state index is 0.0337. The summed E-state index contributed by atoms with van der Waals surface area (Å²) in [7, 11) is 0. The van der Waals surface area contributed by atoms with Crippen LogP contribution in [0.4, 0.5) is 10.3 Å². The molecule has 2 saturated heterocycles. The van der Waals surface area contributed by atoms with E-state index >= 15 is 0 Å². The topological polar surface area (TPSA) is 80.0 Å². The average molecular weight is 450 g/mol. The fourth-order valence-electron chi connectivity index (χ4n) is 5.10. The SMILES string of the molecule is Cc1cc(C)nc(N2CCC3(CCN(C(=O)c4c(F)cccc4-n4nccn4)CC3)CC2)n1. The van der Waals surface area contributed by atoms with Crippen LogP contribution >= 0.6 is 0 Å². The monoisotopic (exact) mass is 449 g/mol. The first-order valence-electron chi connectivity index (χ1n) is 11.5. The Kier molecular flexibility index (Phi) is 5.55. The van der Waals surface area contributed by atoms with Crippen LogP contribution in [0, 0.1) is 25.1 Å². The Morgan fingerprint density at radius 3 is 2.18 bits per heavy atom.